The van der Waals surface area contributed by atoms with Gasteiger partial charge in [-0.3, -0.25) is 9.59 Å². The number of carbonyl (C=O) groups excluding carboxylic acids is 2. The van der Waals surface area contributed by atoms with Crippen LogP contribution in [0.2, 0.25) is 0 Å². The molecule has 1 fully saturated rings. The Balaban J connectivity index is 0. The third kappa shape index (κ3) is 14.2. The van der Waals surface area contributed by atoms with Gasteiger partial charge >= 0.3 is 0 Å². The average molecular weight is 352 g/mol. The fourth-order valence-electron chi connectivity index (χ4n) is 1.94. The van der Waals surface area contributed by atoms with Crippen molar-refractivity contribution in [2.75, 3.05) is 26.9 Å². The summed E-state index contributed by atoms with van der Waals surface area (Å²) < 4.78 is 23.5. The predicted octanol–water partition coefficient (Wildman–Crippen LogP) is 0.961. The largest absolute Gasteiger partial charge is 0.362 e. The molecular formula is C15H33N3O4S. The SMILES string of the molecule is CNC(=O)CCC(C)C.CNC=O.C[C@@H]1CCCN1S(C)(=O)=O. The van der Waals surface area contributed by atoms with E-state index < -0.39 is 10.0 Å². The Hall–Kier alpha value is -1.15. The van der Waals surface area contributed by atoms with E-state index in [1.165, 1.54) is 6.26 Å². The highest BCUT2D eigenvalue weighted by Gasteiger charge is 2.27. The van der Waals surface area contributed by atoms with Gasteiger partial charge in [-0.25, -0.2) is 8.42 Å². The van der Waals surface area contributed by atoms with Crippen molar-refractivity contribution in [3.63, 3.8) is 0 Å². The van der Waals surface area contributed by atoms with Crippen LogP contribution in [0, 0.1) is 5.92 Å². The van der Waals surface area contributed by atoms with Gasteiger partial charge in [-0.15, -0.1) is 0 Å². The topological polar surface area (TPSA) is 95.6 Å². The Morgan fingerprint density at radius 1 is 1.35 bits per heavy atom. The second-order valence-electron chi connectivity index (χ2n) is 5.88. The summed E-state index contributed by atoms with van der Waals surface area (Å²) in [6, 6.07) is 0.218. The molecule has 0 aromatic heterocycles. The van der Waals surface area contributed by atoms with E-state index >= 15 is 0 Å². The zero-order valence-corrected chi connectivity index (χ0v) is 16.1. The van der Waals surface area contributed by atoms with Crippen LogP contribution in [0.3, 0.4) is 0 Å². The first-order valence-corrected chi connectivity index (χ1v) is 9.73. The standard InChI is InChI=1S/C7H15NO.C6H13NO2S.C2H5NO/c1-6(2)4-5-7(9)8-3;1-6-4-3-5-7(6)10(2,8)9;1-3-2-4/h6H,4-5H2,1-3H3,(H,8,9);6H,3-5H2,1-2H3;2H,1H3,(H,3,4)/t;6-;/m.1./s1. The number of rotatable bonds is 5. The Labute approximate surface area is 141 Å². The number of nitrogens with one attached hydrogen (secondary N) is 2. The Kier molecular flexibility index (Phi) is 13.9. The lowest BCUT2D eigenvalue weighted by atomic mass is 10.1. The van der Waals surface area contributed by atoms with E-state index in [0.717, 1.165) is 19.3 Å². The summed E-state index contributed by atoms with van der Waals surface area (Å²) in [4.78, 5) is 19.7. The highest BCUT2D eigenvalue weighted by Crippen LogP contribution is 2.18. The molecule has 0 spiro atoms. The first kappa shape index (κ1) is 24.1. The molecular weight excluding hydrogens is 318 g/mol. The molecule has 1 saturated heterocycles. The number of carbonyl (C=O) groups is 2. The minimum atomic E-state index is -2.92. The minimum Gasteiger partial charge on any atom is -0.362 e. The predicted molar refractivity (Wildman–Crippen MR) is 93.5 cm³/mol. The van der Waals surface area contributed by atoms with Gasteiger partial charge < -0.3 is 10.6 Å². The van der Waals surface area contributed by atoms with Crippen LogP contribution in [-0.2, 0) is 19.6 Å². The van der Waals surface area contributed by atoms with Crippen molar-refractivity contribution in [1.82, 2.24) is 14.9 Å². The molecule has 2 N–H and O–H groups in total. The van der Waals surface area contributed by atoms with Crippen LogP contribution in [0.15, 0.2) is 0 Å². The molecule has 1 heterocycles. The zero-order valence-electron chi connectivity index (χ0n) is 15.3. The van der Waals surface area contributed by atoms with Crippen LogP contribution in [0.5, 0.6) is 0 Å². The molecule has 0 saturated carbocycles. The maximum atomic E-state index is 11.0. The van der Waals surface area contributed by atoms with Gasteiger partial charge in [0.05, 0.1) is 6.26 Å². The van der Waals surface area contributed by atoms with Crippen LogP contribution in [0.25, 0.3) is 0 Å². The molecule has 0 bridgehead atoms. The molecule has 1 atom stereocenters. The van der Waals surface area contributed by atoms with E-state index in [2.05, 4.69) is 24.5 Å². The quantitative estimate of drug-likeness (QED) is 0.721. The molecule has 0 unspecified atom stereocenters. The van der Waals surface area contributed by atoms with Gasteiger partial charge in [0.25, 0.3) is 0 Å². The lowest BCUT2D eigenvalue weighted by Crippen LogP contribution is -2.32. The van der Waals surface area contributed by atoms with E-state index in [1.807, 2.05) is 6.92 Å². The van der Waals surface area contributed by atoms with Gasteiger partial charge in [-0.2, -0.15) is 4.31 Å². The smallest absolute Gasteiger partial charge is 0.219 e. The molecule has 1 aliphatic heterocycles. The van der Waals surface area contributed by atoms with E-state index in [1.54, 1.807) is 18.4 Å². The van der Waals surface area contributed by atoms with Crippen LogP contribution < -0.4 is 10.6 Å². The number of amides is 2. The molecule has 0 aromatic carbocycles. The monoisotopic (exact) mass is 351 g/mol. The van der Waals surface area contributed by atoms with Gasteiger partial charge in [-0.05, 0) is 32.1 Å². The fourth-order valence-corrected chi connectivity index (χ4v) is 3.16. The third-order valence-corrected chi connectivity index (χ3v) is 4.66. The molecule has 1 rings (SSSR count). The van der Waals surface area contributed by atoms with Crippen molar-refractivity contribution in [2.24, 2.45) is 5.92 Å². The van der Waals surface area contributed by atoms with Crippen LogP contribution in [0.4, 0.5) is 0 Å². The number of hydrogen-bond acceptors (Lipinski definition) is 4. The van der Waals surface area contributed by atoms with E-state index in [0.29, 0.717) is 25.3 Å². The summed E-state index contributed by atoms with van der Waals surface area (Å²) in [5, 5.41) is 4.83. The summed E-state index contributed by atoms with van der Waals surface area (Å²) in [6.07, 6.45) is 5.56. The van der Waals surface area contributed by atoms with Gasteiger partial charge in [0.1, 0.15) is 0 Å². The minimum absolute atomic E-state index is 0.142. The van der Waals surface area contributed by atoms with Gasteiger partial charge in [0.15, 0.2) is 0 Å². The second kappa shape index (κ2) is 13.3. The van der Waals surface area contributed by atoms with Gasteiger partial charge in [0, 0.05) is 33.1 Å². The molecule has 7 nitrogen and oxygen atoms in total. The molecule has 2 amide bonds. The summed E-state index contributed by atoms with van der Waals surface area (Å²) in [5.41, 5.74) is 0. The van der Waals surface area contributed by atoms with Crippen molar-refractivity contribution in [3.8, 4) is 0 Å². The first-order chi connectivity index (χ1) is 10.6. The van der Waals surface area contributed by atoms with Crippen molar-refractivity contribution in [3.05, 3.63) is 0 Å². The highest BCUT2D eigenvalue weighted by atomic mass is 32.2. The van der Waals surface area contributed by atoms with Crippen LogP contribution in [-0.4, -0.2) is 58.0 Å². The van der Waals surface area contributed by atoms with E-state index in [4.69, 9.17) is 4.79 Å². The lowest BCUT2D eigenvalue weighted by Gasteiger charge is -2.17. The highest BCUT2D eigenvalue weighted by molar-refractivity contribution is 7.88. The molecule has 0 radical (unpaired) electrons. The zero-order chi connectivity index (χ0) is 18.5. The summed E-state index contributed by atoms with van der Waals surface area (Å²) in [5.74, 6) is 0.769. The molecule has 23 heavy (non-hydrogen) atoms. The first-order valence-electron chi connectivity index (χ1n) is 7.88. The maximum Gasteiger partial charge on any atom is 0.219 e. The summed E-state index contributed by atoms with van der Waals surface area (Å²) >= 11 is 0. The average Bonchev–Trinajstić information content (AvgIpc) is 2.92. The second-order valence-corrected chi connectivity index (χ2v) is 7.81. The summed E-state index contributed by atoms with van der Waals surface area (Å²) in [6.45, 7) is 6.89. The Bertz CT molecular complexity index is 424. The van der Waals surface area contributed by atoms with E-state index in [9.17, 15) is 13.2 Å². The van der Waals surface area contributed by atoms with Gasteiger partial charge in [-0.1, -0.05) is 13.8 Å². The number of hydrogen-bond donors (Lipinski definition) is 2. The van der Waals surface area contributed by atoms with Crippen LogP contribution >= 0.6 is 0 Å². The molecule has 1 aliphatic rings. The van der Waals surface area contributed by atoms with Crippen LogP contribution in [0.1, 0.15) is 46.5 Å². The van der Waals surface area contributed by atoms with Gasteiger partial charge in [0.2, 0.25) is 22.3 Å². The third-order valence-electron chi connectivity index (χ3n) is 3.26. The van der Waals surface area contributed by atoms with Crippen molar-refractivity contribution < 1.29 is 18.0 Å². The normalized spacial score (nSPS) is 17.4. The lowest BCUT2D eigenvalue weighted by molar-refractivity contribution is -0.120. The number of nitrogens with zero attached hydrogens (tertiary/aromatic N) is 1. The summed E-state index contributed by atoms with van der Waals surface area (Å²) in [7, 11) is 0.313. The van der Waals surface area contributed by atoms with Crippen molar-refractivity contribution in [1.29, 1.82) is 0 Å². The fraction of sp³-hybridized carbons (Fsp3) is 0.867. The van der Waals surface area contributed by atoms with E-state index in [-0.39, 0.29) is 11.9 Å². The number of sulfonamides is 1. The van der Waals surface area contributed by atoms with Crippen molar-refractivity contribution in [2.45, 2.75) is 52.5 Å². The Morgan fingerprint density at radius 3 is 2.09 bits per heavy atom. The molecule has 0 aromatic rings. The Morgan fingerprint density at radius 2 is 1.87 bits per heavy atom. The molecule has 8 heteroatoms. The maximum absolute atomic E-state index is 11.0. The van der Waals surface area contributed by atoms with Crippen molar-refractivity contribution >= 4 is 22.3 Å². The molecule has 0 aliphatic carbocycles. The molecule has 138 valence electrons.